The number of likely N-dealkylation sites (N-methyl/N-ethyl adjacent to an activating group) is 1. The summed E-state index contributed by atoms with van der Waals surface area (Å²) in [6.07, 6.45) is 8.58. The molecule has 1 atom stereocenters. The van der Waals surface area contributed by atoms with E-state index in [9.17, 15) is 0 Å². The summed E-state index contributed by atoms with van der Waals surface area (Å²) in [6, 6.07) is 0. The van der Waals surface area contributed by atoms with Crippen LogP contribution in [0.25, 0.3) is 0 Å². The summed E-state index contributed by atoms with van der Waals surface area (Å²) in [5.74, 6) is 0. The highest BCUT2D eigenvalue weighted by molar-refractivity contribution is 4.98. The third-order valence-electron chi connectivity index (χ3n) is 3.82. The van der Waals surface area contributed by atoms with Crippen molar-refractivity contribution >= 4 is 0 Å². The van der Waals surface area contributed by atoms with Crippen LogP contribution >= 0.6 is 0 Å². The maximum absolute atomic E-state index is 3.39. The van der Waals surface area contributed by atoms with E-state index in [4.69, 9.17) is 0 Å². The van der Waals surface area contributed by atoms with Crippen LogP contribution in [0.15, 0.2) is 0 Å². The number of hydrogen-bond donors (Lipinski definition) is 1. The van der Waals surface area contributed by atoms with Crippen molar-refractivity contribution in [2.75, 3.05) is 26.7 Å². The average molecular weight is 182 g/mol. The van der Waals surface area contributed by atoms with E-state index in [-0.39, 0.29) is 0 Å². The van der Waals surface area contributed by atoms with Gasteiger partial charge < -0.3 is 5.32 Å². The van der Waals surface area contributed by atoms with E-state index in [1.807, 2.05) is 0 Å². The van der Waals surface area contributed by atoms with Gasteiger partial charge >= 0.3 is 0 Å². The van der Waals surface area contributed by atoms with Gasteiger partial charge in [0, 0.05) is 12.1 Å². The first-order valence-electron chi connectivity index (χ1n) is 5.77. The first-order chi connectivity index (χ1) is 6.37. The first-order valence-corrected chi connectivity index (χ1v) is 5.77. The van der Waals surface area contributed by atoms with Gasteiger partial charge in [-0.1, -0.05) is 12.8 Å². The first kappa shape index (κ1) is 9.47. The number of rotatable bonds is 2. The molecule has 0 aromatic carbocycles. The fraction of sp³-hybridized carbons (Fsp3) is 1.00. The summed E-state index contributed by atoms with van der Waals surface area (Å²) in [4.78, 5) is 2.75. The van der Waals surface area contributed by atoms with Gasteiger partial charge in [-0.2, -0.15) is 0 Å². The highest BCUT2D eigenvalue weighted by Crippen LogP contribution is 2.35. The van der Waals surface area contributed by atoms with Gasteiger partial charge in [0.15, 0.2) is 0 Å². The van der Waals surface area contributed by atoms with Gasteiger partial charge in [0.1, 0.15) is 0 Å². The van der Waals surface area contributed by atoms with Crippen LogP contribution in [0.5, 0.6) is 0 Å². The lowest BCUT2D eigenvalue weighted by molar-refractivity contribution is 0.139. The van der Waals surface area contributed by atoms with Crippen molar-refractivity contribution in [1.29, 1.82) is 0 Å². The van der Waals surface area contributed by atoms with E-state index in [1.165, 1.54) is 58.2 Å². The topological polar surface area (TPSA) is 15.3 Å². The summed E-state index contributed by atoms with van der Waals surface area (Å²) in [7, 11) is 2.09. The summed E-state index contributed by atoms with van der Waals surface area (Å²) >= 11 is 0. The Morgan fingerprint density at radius 2 is 1.85 bits per heavy atom. The predicted molar refractivity (Wildman–Crippen MR) is 55.9 cm³/mol. The van der Waals surface area contributed by atoms with Gasteiger partial charge in [-0.25, -0.2) is 0 Å². The third kappa shape index (κ3) is 1.75. The highest BCUT2D eigenvalue weighted by Gasteiger charge is 2.40. The Morgan fingerprint density at radius 1 is 1.08 bits per heavy atom. The molecule has 13 heavy (non-hydrogen) atoms. The standard InChI is InChI=1S/C11H22N2/c1-12-10-11-6-3-2-4-8-13(11)9-5-7-11/h12H,2-10H2,1H3/t11-/m1/s1. The average Bonchev–Trinajstić information content (AvgIpc) is 2.41. The summed E-state index contributed by atoms with van der Waals surface area (Å²) < 4.78 is 0. The van der Waals surface area contributed by atoms with Gasteiger partial charge in [-0.15, -0.1) is 0 Å². The molecule has 0 unspecified atom stereocenters. The summed E-state index contributed by atoms with van der Waals surface area (Å²) in [6.45, 7) is 3.90. The normalized spacial score (nSPS) is 35.8. The SMILES string of the molecule is CNC[C@]12CCCCCN1CCC2. The zero-order chi connectivity index (χ0) is 9.15. The monoisotopic (exact) mass is 182 g/mol. The molecule has 2 heteroatoms. The van der Waals surface area contributed by atoms with Crippen molar-refractivity contribution < 1.29 is 0 Å². The molecule has 0 spiro atoms. The van der Waals surface area contributed by atoms with Crippen LogP contribution in [-0.2, 0) is 0 Å². The lowest BCUT2D eigenvalue weighted by Gasteiger charge is -2.37. The Kier molecular flexibility index (Phi) is 2.89. The van der Waals surface area contributed by atoms with E-state index in [0.29, 0.717) is 5.54 Å². The fourth-order valence-corrected chi connectivity index (χ4v) is 3.18. The van der Waals surface area contributed by atoms with Crippen LogP contribution in [0.3, 0.4) is 0 Å². The fourth-order valence-electron chi connectivity index (χ4n) is 3.18. The Hall–Kier alpha value is -0.0800. The minimum atomic E-state index is 0.547. The van der Waals surface area contributed by atoms with Crippen LogP contribution in [-0.4, -0.2) is 37.1 Å². The smallest absolute Gasteiger partial charge is 0.0334 e. The lowest BCUT2D eigenvalue weighted by atomic mass is 9.90. The number of nitrogens with one attached hydrogen (secondary N) is 1. The molecule has 0 saturated carbocycles. The van der Waals surface area contributed by atoms with Crippen LogP contribution in [0.2, 0.25) is 0 Å². The molecule has 2 nitrogen and oxygen atoms in total. The highest BCUT2D eigenvalue weighted by atomic mass is 15.2. The maximum Gasteiger partial charge on any atom is 0.0334 e. The molecular formula is C11H22N2. The molecule has 0 aromatic rings. The maximum atomic E-state index is 3.39. The van der Waals surface area contributed by atoms with Crippen molar-refractivity contribution in [3.05, 3.63) is 0 Å². The molecule has 0 radical (unpaired) electrons. The molecule has 1 N–H and O–H groups in total. The second-order valence-electron chi connectivity index (χ2n) is 4.66. The van der Waals surface area contributed by atoms with E-state index in [1.54, 1.807) is 0 Å². The Morgan fingerprint density at radius 3 is 2.69 bits per heavy atom. The van der Waals surface area contributed by atoms with Crippen molar-refractivity contribution in [3.63, 3.8) is 0 Å². The minimum Gasteiger partial charge on any atom is -0.318 e. The van der Waals surface area contributed by atoms with Gasteiger partial charge in [-0.3, -0.25) is 4.90 Å². The van der Waals surface area contributed by atoms with Crippen molar-refractivity contribution in [2.24, 2.45) is 0 Å². The molecule has 0 amide bonds. The Balaban J connectivity index is 2.08. The molecule has 0 bridgehead atoms. The zero-order valence-corrected chi connectivity index (χ0v) is 8.81. The molecule has 2 saturated heterocycles. The van der Waals surface area contributed by atoms with Crippen molar-refractivity contribution in [3.8, 4) is 0 Å². The molecule has 2 heterocycles. The van der Waals surface area contributed by atoms with Gasteiger partial charge in [-0.05, 0) is 45.8 Å². The summed E-state index contributed by atoms with van der Waals surface area (Å²) in [5, 5.41) is 3.39. The van der Waals surface area contributed by atoms with E-state index < -0.39 is 0 Å². The second kappa shape index (κ2) is 3.97. The molecule has 2 rings (SSSR count). The lowest BCUT2D eigenvalue weighted by Crippen LogP contribution is -2.49. The molecule has 76 valence electrons. The van der Waals surface area contributed by atoms with Crippen LogP contribution in [0, 0.1) is 0 Å². The van der Waals surface area contributed by atoms with Gasteiger partial charge in [0.05, 0.1) is 0 Å². The van der Waals surface area contributed by atoms with E-state index in [0.717, 1.165) is 0 Å². The predicted octanol–water partition coefficient (Wildman–Crippen LogP) is 1.61. The minimum absolute atomic E-state index is 0.547. The van der Waals surface area contributed by atoms with Crippen molar-refractivity contribution in [1.82, 2.24) is 10.2 Å². The second-order valence-corrected chi connectivity index (χ2v) is 4.66. The number of hydrogen-bond acceptors (Lipinski definition) is 2. The van der Waals surface area contributed by atoms with Crippen LogP contribution in [0.4, 0.5) is 0 Å². The molecule has 0 aromatic heterocycles. The summed E-state index contributed by atoms with van der Waals surface area (Å²) in [5.41, 5.74) is 0.547. The van der Waals surface area contributed by atoms with Gasteiger partial charge in [0.2, 0.25) is 0 Å². The zero-order valence-electron chi connectivity index (χ0n) is 8.81. The van der Waals surface area contributed by atoms with Crippen LogP contribution in [0.1, 0.15) is 38.5 Å². The van der Waals surface area contributed by atoms with Gasteiger partial charge in [0.25, 0.3) is 0 Å². The quantitative estimate of drug-likeness (QED) is 0.698. The number of fused-ring (bicyclic) bond motifs is 1. The Bertz CT molecular complexity index is 169. The van der Waals surface area contributed by atoms with E-state index in [2.05, 4.69) is 17.3 Å². The molecule has 2 aliphatic heterocycles. The Labute approximate surface area is 81.7 Å². The number of nitrogens with zero attached hydrogens (tertiary/aromatic N) is 1. The van der Waals surface area contributed by atoms with Crippen molar-refractivity contribution in [2.45, 2.75) is 44.1 Å². The van der Waals surface area contributed by atoms with E-state index >= 15 is 0 Å². The molecule has 2 aliphatic rings. The largest absolute Gasteiger partial charge is 0.318 e. The molecule has 0 aliphatic carbocycles. The molecule has 2 fully saturated rings. The van der Waals surface area contributed by atoms with Crippen LogP contribution < -0.4 is 5.32 Å². The third-order valence-corrected chi connectivity index (χ3v) is 3.82. The molecular weight excluding hydrogens is 160 g/mol.